The number of rotatable bonds is 8. The number of likely N-dealkylation sites (tertiary alicyclic amines) is 1. The molecule has 3 aromatic rings. The smallest absolute Gasteiger partial charge is 0.219 e. The molecule has 1 aliphatic rings. The maximum atomic E-state index is 9.26. The molecule has 31 heavy (non-hydrogen) atoms. The van der Waals surface area contributed by atoms with E-state index in [0.29, 0.717) is 24.9 Å². The zero-order valence-corrected chi connectivity index (χ0v) is 18.3. The lowest BCUT2D eigenvalue weighted by atomic mass is 10.1. The third kappa shape index (κ3) is 5.08. The molecule has 1 saturated heterocycles. The molecule has 0 amide bonds. The molecule has 2 aromatic heterocycles. The summed E-state index contributed by atoms with van der Waals surface area (Å²) >= 11 is 0. The fraction of sp³-hybridized carbons (Fsp3) is 0.478. The molecule has 0 aliphatic carbocycles. The number of aliphatic hydroxyl groups excluding tert-OH is 1. The second-order valence-corrected chi connectivity index (χ2v) is 8.47. The standard InChI is InChI=1S/C23H32N6O2/c1-16(2)20-14-26-29-21(25-13-17-5-3-6-18(24)11-17)12-22(27-23(20)29)31-19-7-4-8-28(15-19)9-10-30/h3,5-6,11-12,14,16,19,25,30H,4,7-10,13,15,24H2,1-2H3/t19-/m1/s1. The summed E-state index contributed by atoms with van der Waals surface area (Å²) in [6, 6.07) is 9.76. The van der Waals surface area contributed by atoms with Crippen LogP contribution in [0.5, 0.6) is 5.88 Å². The number of nitrogens with one attached hydrogen (secondary N) is 1. The van der Waals surface area contributed by atoms with E-state index in [-0.39, 0.29) is 12.7 Å². The summed E-state index contributed by atoms with van der Waals surface area (Å²) in [4.78, 5) is 7.04. The van der Waals surface area contributed by atoms with Crippen LogP contribution in [0.3, 0.4) is 0 Å². The Morgan fingerprint density at radius 3 is 2.97 bits per heavy atom. The number of nitrogen functional groups attached to an aromatic ring is 1. The zero-order chi connectivity index (χ0) is 21.8. The van der Waals surface area contributed by atoms with Crippen molar-refractivity contribution < 1.29 is 9.84 Å². The van der Waals surface area contributed by atoms with Crippen molar-refractivity contribution in [2.24, 2.45) is 0 Å². The van der Waals surface area contributed by atoms with Crippen molar-refractivity contribution in [3.63, 3.8) is 0 Å². The number of benzene rings is 1. The zero-order valence-electron chi connectivity index (χ0n) is 18.3. The SMILES string of the molecule is CC(C)c1cnn2c(NCc3cccc(N)c3)cc(O[C@@H]3CCCN(CCO)C3)nc12. The molecule has 4 rings (SSSR count). The molecule has 0 radical (unpaired) electrons. The van der Waals surface area contributed by atoms with Gasteiger partial charge in [0.2, 0.25) is 5.88 Å². The van der Waals surface area contributed by atoms with Crippen LogP contribution in [0, 0.1) is 0 Å². The van der Waals surface area contributed by atoms with Gasteiger partial charge in [-0.2, -0.15) is 14.6 Å². The molecule has 0 bridgehead atoms. The van der Waals surface area contributed by atoms with Gasteiger partial charge in [-0.15, -0.1) is 0 Å². The van der Waals surface area contributed by atoms with E-state index in [0.717, 1.165) is 54.2 Å². The van der Waals surface area contributed by atoms with E-state index in [1.54, 1.807) is 0 Å². The van der Waals surface area contributed by atoms with E-state index in [9.17, 15) is 5.11 Å². The first-order chi connectivity index (χ1) is 15.0. The summed E-state index contributed by atoms with van der Waals surface area (Å²) in [5.41, 5.74) is 9.66. The lowest BCUT2D eigenvalue weighted by molar-refractivity contribution is 0.0740. The van der Waals surface area contributed by atoms with Gasteiger partial charge in [0, 0.05) is 37.0 Å². The van der Waals surface area contributed by atoms with Crippen molar-refractivity contribution in [1.82, 2.24) is 19.5 Å². The number of hydrogen-bond donors (Lipinski definition) is 3. The molecule has 0 saturated carbocycles. The number of aliphatic hydroxyl groups is 1. The maximum absolute atomic E-state index is 9.26. The van der Waals surface area contributed by atoms with E-state index in [2.05, 4.69) is 29.2 Å². The lowest BCUT2D eigenvalue weighted by Crippen LogP contribution is -2.42. The summed E-state index contributed by atoms with van der Waals surface area (Å²) in [6.45, 7) is 7.55. The highest BCUT2D eigenvalue weighted by Gasteiger charge is 2.22. The van der Waals surface area contributed by atoms with Crippen molar-refractivity contribution >= 4 is 17.2 Å². The first-order valence-corrected chi connectivity index (χ1v) is 11.0. The lowest BCUT2D eigenvalue weighted by Gasteiger charge is -2.32. The molecule has 1 aliphatic heterocycles. The average molecular weight is 425 g/mol. The quantitative estimate of drug-likeness (QED) is 0.478. The summed E-state index contributed by atoms with van der Waals surface area (Å²) in [7, 11) is 0. The Hall–Kier alpha value is -2.84. The van der Waals surface area contributed by atoms with Crippen LogP contribution in [-0.4, -0.2) is 56.9 Å². The monoisotopic (exact) mass is 424 g/mol. The number of ether oxygens (including phenoxy) is 1. The van der Waals surface area contributed by atoms with Gasteiger partial charge >= 0.3 is 0 Å². The van der Waals surface area contributed by atoms with E-state index in [4.69, 9.17) is 15.5 Å². The molecule has 1 atom stereocenters. The van der Waals surface area contributed by atoms with Gasteiger partial charge in [0.05, 0.1) is 12.8 Å². The molecule has 8 heteroatoms. The molecule has 4 N–H and O–H groups in total. The summed E-state index contributed by atoms with van der Waals surface area (Å²) in [5.74, 6) is 1.73. The fourth-order valence-corrected chi connectivity index (χ4v) is 4.07. The Morgan fingerprint density at radius 2 is 2.19 bits per heavy atom. The molecule has 1 fully saturated rings. The average Bonchev–Trinajstić information content (AvgIpc) is 3.17. The Balaban J connectivity index is 1.60. The van der Waals surface area contributed by atoms with Gasteiger partial charge in [-0.25, -0.2) is 0 Å². The third-order valence-electron chi connectivity index (χ3n) is 5.69. The predicted molar refractivity (Wildman–Crippen MR) is 122 cm³/mol. The van der Waals surface area contributed by atoms with Crippen LogP contribution >= 0.6 is 0 Å². The number of anilines is 2. The normalized spacial score (nSPS) is 17.4. The number of hydrogen-bond acceptors (Lipinski definition) is 7. The molecule has 166 valence electrons. The van der Waals surface area contributed by atoms with E-state index >= 15 is 0 Å². The molecule has 8 nitrogen and oxygen atoms in total. The summed E-state index contributed by atoms with van der Waals surface area (Å²) < 4.78 is 8.16. The first-order valence-electron chi connectivity index (χ1n) is 11.0. The Morgan fingerprint density at radius 1 is 1.32 bits per heavy atom. The Kier molecular flexibility index (Phi) is 6.58. The molecular formula is C23H32N6O2. The van der Waals surface area contributed by atoms with E-state index in [1.807, 2.05) is 41.0 Å². The minimum Gasteiger partial charge on any atom is -0.473 e. The second-order valence-electron chi connectivity index (χ2n) is 8.47. The van der Waals surface area contributed by atoms with Crippen molar-refractivity contribution in [2.45, 2.75) is 45.3 Å². The van der Waals surface area contributed by atoms with Crippen molar-refractivity contribution in [3.8, 4) is 5.88 Å². The number of β-amino-alcohol motifs (C(OH)–C–C–N with tert-alkyl or cyclic N) is 1. The van der Waals surface area contributed by atoms with Crippen LogP contribution in [0.4, 0.5) is 11.5 Å². The van der Waals surface area contributed by atoms with Crippen LogP contribution < -0.4 is 15.8 Å². The van der Waals surface area contributed by atoms with Crippen LogP contribution in [0.15, 0.2) is 36.5 Å². The number of nitrogens with two attached hydrogens (primary N) is 1. The van der Waals surface area contributed by atoms with Crippen LogP contribution in [0.2, 0.25) is 0 Å². The van der Waals surface area contributed by atoms with Gasteiger partial charge in [0.25, 0.3) is 0 Å². The Bertz CT molecular complexity index is 1020. The fourth-order valence-electron chi connectivity index (χ4n) is 4.07. The first kappa shape index (κ1) is 21.4. The van der Waals surface area contributed by atoms with Crippen LogP contribution in [0.1, 0.15) is 43.7 Å². The van der Waals surface area contributed by atoms with E-state index in [1.165, 1.54) is 0 Å². The van der Waals surface area contributed by atoms with Crippen molar-refractivity contribution in [2.75, 3.05) is 37.3 Å². The van der Waals surface area contributed by atoms with Gasteiger partial charge in [-0.05, 0) is 43.0 Å². The van der Waals surface area contributed by atoms with Gasteiger partial charge in [0.15, 0.2) is 5.65 Å². The molecule has 0 spiro atoms. The summed E-state index contributed by atoms with van der Waals surface area (Å²) in [6.07, 6.45) is 3.98. The number of nitrogens with zero attached hydrogens (tertiary/aromatic N) is 4. The molecule has 0 unspecified atom stereocenters. The molecular weight excluding hydrogens is 392 g/mol. The largest absolute Gasteiger partial charge is 0.473 e. The minimum absolute atomic E-state index is 0.0578. The van der Waals surface area contributed by atoms with Gasteiger partial charge in [0.1, 0.15) is 11.9 Å². The molecule has 3 heterocycles. The third-order valence-corrected chi connectivity index (χ3v) is 5.69. The van der Waals surface area contributed by atoms with Gasteiger partial charge < -0.3 is 20.9 Å². The number of piperidine rings is 1. The highest BCUT2D eigenvalue weighted by molar-refractivity contribution is 5.57. The highest BCUT2D eigenvalue weighted by atomic mass is 16.5. The van der Waals surface area contributed by atoms with Crippen LogP contribution in [0.25, 0.3) is 5.65 Å². The van der Waals surface area contributed by atoms with Gasteiger partial charge in [-0.1, -0.05) is 26.0 Å². The van der Waals surface area contributed by atoms with Crippen LogP contribution in [-0.2, 0) is 6.54 Å². The second kappa shape index (κ2) is 9.53. The minimum atomic E-state index is 0.0578. The highest BCUT2D eigenvalue weighted by Crippen LogP contribution is 2.27. The van der Waals surface area contributed by atoms with E-state index < -0.39 is 0 Å². The number of fused-ring (bicyclic) bond motifs is 1. The van der Waals surface area contributed by atoms with Crippen molar-refractivity contribution in [1.29, 1.82) is 0 Å². The maximum Gasteiger partial charge on any atom is 0.219 e. The predicted octanol–water partition coefficient (Wildman–Crippen LogP) is 2.88. The molecule has 1 aromatic carbocycles. The topological polar surface area (TPSA) is 101 Å². The Labute approximate surface area is 183 Å². The van der Waals surface area contributed by atoms with Crippen molar-refractivity contribution in [3.05, 3.63) is 47.7 Å². The van der Waals surface area contributed by atoms with Gasteiger partial charge in [-0.3, -0.25) is 4.90 Å². The number of aromatic nitrogens is 3. The summed E-state index contributed by atoms with van der Waals surface area (Å²) in [5, 5.41) is 17.3.